The second kappa shape index (κ2) is 8.12. The highest BCUT2D eigenvalue weighted by Crippen LogP contribution is 2.69. The summed E-state index contributed by atoms with van der Waals surface area (Å²) in [6.07, 6.45) is 16.6. The molecule has 0 amide bonds. The molecule has 0 spiro atoms. The van der Waals surface area contributed by atoms with Crippen molar-refractivity contribution < 1.29 is 10.2 Å². The van der Waals surface area contributed by atoms with E-state index in [1.165, 1.54) is 70.6 Å². The van der Waals surface area contributed by atoms with Crippen LogP contribution in [0, 0.1) is 46.3 Å². The fourth-order valence-electron chi connectivity index (χ4n) is 9.31. The number of fused-ring (bicyclic) bond motifs is 5. The van der Waals surface area contributed by atoms with E-state index in [0.717, 1.165) is 42.4 Å². The third kappa shape index (κ3) is 3.53. The van der Waals surface area contributed by atoms with Gasteiger partial charge in [0.1, 0.15) is 0 Å². The fourth-order valence-corrected chi connectivity index (χ4v) is 9.31. The summed E-state index contributed by atoms with van der Waals surface area (Å²) in [5.74, 6) is 4.69. The first kappa shape index (κ1) is 22.1. The Hall–Kier alpha value is -0.0800. The summed E-state index contributed by atoms with van der Waals surface area (Å²) in [7, 11) is 0. The standard InChI is InChI=1S/C27H48O2/c1-19(18-28)8-7-9-20(2)22-10-11-23-21-12-17-27(29)15-6-5-14-26(27,4)24(21)13-16-25(22,23)3/h19-24,28-29H,5-18H2,1-4H3/t19?,20-,21+,22-,23+,24+,25-,26-,27+/m1/s1. The van der Waals surface area contributed by atoms with Crippen molar-refractivity contribution in [2.75, 3.05) is 6.61 Å². The van der Waals surface area contributed by atoms with Crippen LogP contribution in [-0.4, -0.2) is 22.4 Å². The molecule has 4 saturated carbocycles. The minimum Gasteiger partial charge on any atom is -0.396 e. The summed E-state index contributed by atoms with van der Waals surface area (Å²) in [5, 5.41) is 20.9. The van der Waals surface area contributed by atoms with E-state index in [-0.39, 0.29) is 11.0 Å². The Labute approximate surface area is 180 Å². The Balaban J connectivity index is 1.46. The Morgan fingerprint density at radius 1 is 0.862 bits per heavy atom. The highest BCUT2D eigenvalue weighted by Gasteiger charge is 2.63. The molecule has 0 aromatic rings. The molecule has 1 unspecified atom stereocenters. The molecule has 0 aromatic carbocycles. The van der Waals surface area contributed by atoms with Gasteiger partial charge in [-0.3, -0.25) is 0 Å². The Kier molecular flexibility index (Phi) is 6.19. The maximum atomic E-state index is 11.6. The van der Waals surface area contributed by atoms with Gasteiger partial charge in [0.15, 0.2) is 0 Å². The molecule has 0 radical (unpaired) electrons. The van der Waals surface area contributed by atoms with Crippen LogP contribution in [0.1, 0.15) is 111 Å². The van der Waals surface area contributed by atoms with E-state index in [1.807, 2.05) is 0 Å². The first-order chi connectivity index (χ1) is 13.7. The number of aliphatic hydroxyl groups excluding tert-OH is 1. The lowest BCUT2D eigenvalue weighted by molar-refractivity contribution is -0.205. The van der Waals surface area contributed by atoms with Gasteiger partial charge in [-0.1, -0.05) is 53.4 Å². The normalized spacial score (nSPS) is 49.0. The molecule has 4 fully saturated rings. The first-order valence-electron chi connectivity index (χ1n) is 13.1. The summed E-state index contributed by atoms with van der Waals surface area (Å²) in [6.45, 7) is 10.2. The molecule has 0 heterocycles. The minimum absolute atomic E-state index is 0.180. The van der Waals surface area contributed by atoms with Crippen molar-refractivity contribution in [1.82, 2.24) is 0 Å². The molecule has 0 saturated heterocycles. The maximum Gasteiger partial charge on any atom is 0.0703 e. The summed E-state index contributed by atoms with van der Waals surface area (Å²) in [4.78, 5) is 0. The van der Waals surface area contributed by atoms with Gasteiger partial charge >= 0.3 is 0 Å². The zero-order valence-electron chi connectivity index (χ0n) is 19.8. The minimum atomic E-state index is -0.366. The lowest BCUT2D eigenvalue weighted by Crippen LogP contribution is -2.61. The molecule has 2 nitrogen and oxygen atoms in total. The molecule has 0 bridgehead atoms. The molecule has 168 valence electrons. The topological polar surface area (TPSA) is 40.5 Å². The van der Waals surface area contributed by atoms with Crippen molar-refractivity contribution >= 4 is 0 Å². The van der Waals surface area contributed by atoms with Crippen LogP contribution in [0.3, 0.4) is 0 Å². The molecule has 0 aromatic heterocycles. The molecule has 2 heteroatoms. The van der Waals surface area contributed by atoms with E-state index in [9.17, 15) is 10.2 Å². The highest BCUT2D eigenvalue weighted by atomic mass is 16.3. The maximum absolute atomic E-state index is 11.6. The number of hydrogen-bond acceptors (Lipinski definition) is 2. The van der Waals surface area contributed by atoms with E-state index in [1.54, 1.807) is 0 Å². The van der Waals surface area contributed by atoms with Crippen molar-refractivity contribution in [1.29, 1.82) is 0 Å². The van der Waals surface area contributed by atoms with Gasteiger partial charge in [0.25, 0.3) is 0 Å². The summed E-state index contributed by atoms with van der Waals surface area (Å²) in [5.41, 5.74) is 0.345. The number of hydrogen-bond donors (Lipinski definition) is 2. The lowest BCUT2D eigenvalue weighted by atomic mass is 9.43. The highest BCUT2D eigenvalue weighted by molar-refractivity contribution is 5.13. The van der Waals surface area contributed by atoms with E-state index in [0.29, 0.717) is 17.9 Å². The molecule has 4 rings (SSSR count). The molecule has 2 N–H and O–H groups in total. The predicted octanol–water partition coefficient (Wildman–Crippen LogP) is 6.59. The third-order valence-corrected chi connectivity index (χ3v) is 11.2. The van der Waals surface area contributed by atoms with Crippen LogP contribution in [0.15, 0.2) is 0 Å². The molecule has 9 atom stereocenters. The first-order valence-corrected chi connectivity index (χ1v) is 13.1. The van der Waals surface area contributed by atoms with Gasteiger partial charge in [-0.25, -0.2) is 0 Å². The van der Waals surface area contributed by atoms with Crippen LogP contribution in [0.25, 0.3) is 0 Å². The van der Waals surface area contributed by atoms with Crippen molar-refractivity contribution in [3.63, 3.8) is 0 Å². The van der Waals surface area contributed by atoms with Crippen LogP contribution in [-0.2, 0) is 0 Å². The Bertz CT molecular complexity index is 575. The van der Waals surface area contributed by atoms with Gasteiger partial charge in [0.05, 0.1) is 5.60 Å². The van der Waals surface area contributed by atoms with Crippen LogP contribution >= 0.6 is 0 Å². The van der Waals surface area contributed by atoms with Gasteiger partial charge in [-0.15, -0.1) is 0 Å². The second-order valence-electron chi connectivity index (χ2n) is 12.5. The largest absolute Gasteiger partial charge is 0.396 e. The van der Waals surface area contributed by atoms with Gasteiger partial charge in [0.2, 0.25) is 0 Å². The molecule has 29 heavy (non-hydrogen) atoms. The van der Waals surface area contributed by atoms with Gasteiger partial charge in [-0.05, 0) is 104 Å². The fraction of sp³-hybridized carbons (Fsp3) is 1.00. The van der Waals surface area contributed by atoms with E-state index < -0.39 is 0 Å². The number of rotatable bonds is 6. The van der Waals surface area contributed by atoms with Crippen LogP contribution in [0.5, 0.6) is 0 Å². The second-order valence-corrected chi connectivity index (χ2v) is 12.5. The summed E-state index contributed by atoms with van der Waals surface area (Å²) < 4.78 is 0. The summed E-state index contributed by atoms with van der Waals surface area (Å²) in [6, 6.07) is 0. The van der Waals surface area contributed by atoms with Gasteiger partial charge in [-0.2, -0.15) is 0 Å². The lowest BCUT2D eigenvalue weighted by Gasteiger charge is -2.63. The monoisotopic (exact) mass is 404 g/mol. The average molecular weight is 405 g/mol. The Morgan fingerprint density at radius 2 is 1.62 bits per heavy atom. The van der Waals surface area contributed by atoms with Crippen molar-refractivity contribution in [3.05, 3.63) is 0 Å². The molecule has 0 aliphatic heterocycles. The Morgan fingerprint density at radius 3 is 2.38 bits per heavy atom. The molecule has 4 aliphatic rings. The van der Waals surface area contributed by atoms with E-state index in [4.69, 9.17) is 0 Å². The smallest absolute Gasteiger partial charge is 0.0703 e. The van der Waals surface area contributed by atoms with E-state index in [2.05, 4.69) is 27.7 Å². The van der Waals surface area contributed by atoms with Crippen molar-refractivity contribution in [3.8, 4) is 0 Å². The van der Waals surface area contributed by atoms with Gasteiger partial charge in [0, 0.05) is 6.61 Å². The molecular weight excluding hydrogens is 356 g/mol. The summed E-state index contributed by atoms with van der Waals surface area (Å²) >= 11 is 0. The predicted molar refractivity (Wildman–Crippen MR) is 121 cm³/mol. The van der Waals surface area contributed by atoms with E-state index >= 15 is 0 Å². The SMILES string of the molecule is CC(CO)CCC[C@@H](C)[C@H]1CC[C@H]2[C@@H]3CC[C@@]4(O)CCCC[C@]4(C)[C@H]3CC[C@]12C. The van der Waals surface area contributed by atoms with Crippen molar-refractivity contribution in [2.45, 2.75) is 117 Å². The van der Waals surface area contributed by atoms with Gasteiger partial charge < -0.3 is 10.2 Å². The van der Waals surface area contributed by atoms with Crippen LogP contribution in [0.2, 0.25) is 0 Å². The average Bonchev–Trinajstić information content (AvgIpc) is 3.05. The quantitative estimate of drug-likeness (QED) is 0.524. The van der Waals surface area contributed by atoms with Crippen LogP contribution in [0.4, 0.5) is 0 Å². The van der Waals surface area contributed by atoms with Crippen molar-refractivity contribution in [2.24, 2.45) is 46.3 Å². The molecular formula is C27H48O2. The zero-order chi connectivity index (χ0) is 20.9. The molecule has 4 aliphatic carbocycles. The number of aliphatic hydroxyl groups is 2. The van der Waals surface area contributed by atoms with Crippen LogP contribution < -0.4 is 0 Å². The third-order valence-electron chi connectivity index (χ3n) is 11.2. The zero-order valence-corrected chi connectivity index (χ0v) is 19.8.